The van der Waals surface area contributed by atoms with E-state index in [0.717, 1.165) is 11.3 Å². The van der Waals surface area contributed by atoms with Crippen molar-refractivity contribution in [2.45, 2.75) is 6.92 Å². The van der Waals surface area contributed by atoms with Gasteiger partial charge in [-0.25, -0.2) is 0 Å². The van der Waals surface area contributed by atoms with Crippen molar-refractivity contribution in [2.24, 2.45) is 16.5 Å². The summed E-state index contributed by atoms with van der Waals surface area (Å²) in [7, 11) is 3.89. The molecule has 1 aromatic carbocycles. The van der Waals surface area contributed by atoms with Gasteiger partial charge in [-0.05, 0) is 30.7 Å². The number of carbonyl (C=O) groups is 1. The first-order valence-electron chi connectivity index (χ1n) is 4.83. The Hall–Kier alpha value is -2.04. The van der Waals surface area contributed by atoms with E-state index < -0.39 is 5.91 Å². The van der Waals surface area contributed by atoms with E-state index in [1.165, 1.54) is 0 Å². The van der Waals surface area contributed by atoms with Gasteiger partial charge in [0, 0.05) is 25.3 Å². The summed E-state index contributed by atoms with van der Waals surface area (Å²) >= 11 is 0. The summed E-state index contributed by atoms with van der Waals surface area (Å²) in [6, 6.07) is 5.34. The van der Waals surface area contributed by atoms with Crippen LogP contribution in [0.5, 0.6) is 0 Å². The fourth-order valence-electron chi connectivity index (χ4n) is 1.47. The van der Waals surface area contributed by atoms with Gasteiger partial charge in [-0.15, -0.1) is 0 Å². The number of hydrogen-bond acceptors (Lipinski definition) is 2. The highest BCUT2D eigenvalue weighted by molar-refractivity contribution is 6.02. The molecule has 16 heavy (non-hydrogen) atoms. The molecular weight excluding hydrogens is 204 g/mol. The summed E-state index contributed by atoms with van der Waals surface area (Å²) in [5.74, 6) is -0.646. The van der Waals surface area contributed by atoms with Gasteiger partial charge in [0.05, 0.1) is 0 Å². The lowest BCUT2D eigenvalue weighted by Crippen LogP contribution is -2.24. The molecule has 5 heteroatoms. The molecule has 0 saturated heterocycles. The van der Waals surface area contributed by atoms with E-state index in [4.69, 9.17) is 11.5 Å². The molecule has 0 aromatic heterocycles. The van der Waals surface area contributed by atoms with Crippen molar-refractivity contribution >= 4 is 17.6 Å². The van der Waals surface area contributed by atoms with Crippen molar-refractivity contribution in [3.8, 4) is 0 Å². The molecule has 0 heterocycles. The zero-order valence-corrected chi connectivity index (χ0v) is 9.69. The number of nitrogens with two attached hydrogens (primary N) is 2. The maximum Gasteiger partial charge on any atom is 0.280 e. The Kier molecular flexibility index (Phi) is 3.50. The maximum absolute atomic E-state index is 11.5. The van der Waals surface area contributed by atoms with Gasteiger partial charge in [0.25, 0.3) is 5.91 Å². The summed E-state index contributed by atoms with van der Waals surface area (Å²) in [5.41, 5.74) is 12.8. The average Bonchev–Trinajstić information content (AvgIpc) is 2.15. The second-order valence-electron chi connectivity index (χ2n) is 3.74. The predicted molar refractivity (Wildman–Crippen MR) is 65.6 cm³/mol. The number of aliphatic imine (C=N–C) groups is 1. The topological polar surface area (TPSA) is 84.7 Å². The molecule has 1 aromatic rings. The third kappa shape index (κ3) is 2.73. The van der Waals surface area contributed by atoms with E-state index in [2.05, 4.69) is 4.99 Å². The lowest BCUT2D eigenvalue weighted by atomic mass is 10.1. The standard InChI is InChI=1S/C11H16N4O/c1-7-6-8(10(16)14-11(12)13)4-5-9(7)15(2)3/h4-6H,1-3H3,(H4,12,13,14,16). The van der Waals surface area contributed by atoms with Gasteiger partial charge in [-0.1, -0.05) is 0 Å². The first-order chi connectivity index (χ1) is 7.41. The van der Waals surface area contributed by atoms with Crippen LogP contribution in [-0.4, -0.2) is 26.0 Å². The Morgan fingerprint density at radius 3 is 2.38 bits per heavy atom. The molecule has 0 saturated carbocycles. The highest BCUT2D eigenvalue weighted by atomic mass is 16.1. The third-order valence-corrected chi connectivity index (χ3v) is 2.16. The zero-order chi connectivity index (χ0) is 12.3. The number of nitrogens with zero attached hydrogens (tertiary/aromatic N) is 2. The third-order valence-electron chi connectivity index (χ3n) is 2.16. The molecule has 0 atom stereocenters. The Morgan fingerprint density at radius 2 is 1.94 bits per heavy atom. The summed E-state index contributed by atoms with van der Waals surface area (Å²) in [5, 5.41) is 0. The number of aryl methyl sites for hydroxylation is 1. The maximum atomic E-state index is 11.5. The van der Waals surface area contributed by atoms with Crippen molar-refractivity contribution in [2.75, 3.05) is 19.0 Å². The molecule has 86 valence electrons. The van der Waals surface area contributed by atoms with Gasteiger partial charge in [0.15, 0.2) is 5.96 Å². The molecule has 5 nitrogen and oxygen atoms in total. The van der Waals surface area contributed by atoms with E-state index in [1.54, 1.807) is 12.1 Å². The molecule has 0 unspecified atom stereocenters. The molecule has 0 radical (unpaired) electrons. The summed E-state index contributed by atoms with van der Waals surface area (Å²) < 4.78 is 0. The highest BCUT2D eigenvalue weighted by Gasteiger charge is 2.07. The number of carbonyl (C=O) groups excluding carboxylic acids is 1. The summed E-state index contributed by atoms with van der Waals surface area (Å²) in [4.78, 5) is 17.0. The first kappa shape index (κ1) is 12.0. The number of hydrogen-bond donors (Lipinski definition) is 2. The fourth-order valence-corrected chi connectivity index (χ4v) is 1.47. The van der Waals surface area contributed by atoms with Crippen LogP contribution in [-0.2, 0) is 0 Å². The van der Waals surface area contributed by atoms with E-state index in [-0.39, 0.29) is 5.96 Å². The minimum Gasteiger partial charge on any atom is -0.377 e. The van der Waals surface area contributed by atoms with Crippen LogP contribution >= 0.6 is 0 Å². The summed E-state index contributed by atoms with van der Waals surface area (Å²) in [6.45, 7) is 1.93. The molecule has 4 N–H and O–H groups in total. The minimum atomic E-state index is -0.423. The van der Waals surface area contributed by atoms with Gasteiger partial charge in [-0.3, -0.25) is 4.79 Å². The van der Waals surface area contributed by atoms with Crippen LogP contribution in [0.4, 0.5) is 5.69 Å². The van der Waals surface area contributed by atoms with Crippen LogP contribution in [0.2, 0.25) is 0 Å². The van der Waals surface area contributed by atoms with Crippen molar-refractivity contribution < 1.29 is 4.79 Å². The largest absolute Gasteiger partial charge is 0.377 e. The van der Waals surface area contributed by atoms with Gasteiger partial charge in [-0.2, -0.15) is 4.99 Å². The first-order valence-corrected chi connectivity index (χ1v) is 4.83. The molecule has 1 rings (SSSR count). The van der Waals surface area contributed by atoms with E-state index >= 15 is 0 Å². The van der Waals surface area contributed by atoms with E-state index in [0.29, 0.717) is 5.56 Å². The molecule has 0 fully saturated rings. The van der Waals surface area contributed by atoms with E-state index in [9.17, 15) is 4.79 Å². The number of anilines is 1. The second kappa shape index (κ2) is 4.65. The Bertz CT molecular complexity index is 434. The number of guanidine groups is 1. The molecule has 1 amide bonds. The lowest BCUT2D eigenvalue weighted by molar-refractivity contribution is 0.100. The van der Waals surface area contributed by atoms with E-state index in [1.807, 2.05) is 32.0 Å². The molecule has 0 bridgehead atoms. The van der Waals surface area contributed by atoms with Gasteiger partial charge in [0.2, 0.25) is 0 Å². The van der Waals surface area contributed by atoms with Crippen molar-refractivity contribution in [3.05, 3.63) is 29.3 Å². The van der Waals surface area contributed by atoms with Crippen molar-refractivity contribution in [1.29, 1.82) is 0 Å². The van der Waals surface area contributed by atoms with Crippen LogP contribution < -0.4 is 16.4 Å². The number of benzene rings is 1. The summed E-state index contributed by atoms with van der Waals surface area (Å²) in [6.07, 6.45) is 0. The average molecular weight is 220 g/mol. The SMILES string of the molecule is Cc1cc(C(=O)N=C(N)N)ccc1N(C)C. The minimum absolute atomic E-state index is 0.223. The van der Waals surface area contributed by atoms with Crippen LogP contribution in [0.3, 0.4) is 0 Å². The highest BCUT2D eigenvalue weighted by Crippen LogP contribution is 2.19. The monoisotopic (exact) mass is 220 g/mol. The van der Waals surface area contributed by atoms with Crippen LogP contribution in [0.25, 0.3) is 0 Å². The molecular formula is C11H16N4O. The van der Waals surface area contributed by atoms with Crippen molar-refractivity contribution in [1.82, 2.24) is 0 Å². The Labute approximate surface area is 94.8 Å². The zero-order valence-electron chi connectivity index (χ0n) is 9.69. The smallest absolute Gasteiger partial charge is 0.280 e. The molecule has 0 aliphatic rings. The lowest BCUT2D eigenvalue weighted by Gasteiger charge is -2.15. The number of amides is 1. The van der Waals surface area contributed by atoms with Crippen LogP contribution in [0.1, 0.15) is 15.9 Å². The van der Waals surface area contributed by atoms with Gasteiger partial charge >= 0.3 is 0 Å². The van der Waals surface area contributed by atoms with Gasteiger partial charge in [0.1, 0.15) is 0 Å². The number of rotatable bonds is 2. The Morgan fingerprint density at radius 1 is 1.31 bits per heavy atom. The Balaban J connectivity index is 3.07. The molecule has 0 aliphatic carbocycles. The normalized spacial score (nSPS) is 9.69. The fraction of sp³-hybridized carbons (Fsp3) is 0.273. The molecule has 0 aliphatic heterocycles. The molecule has 0 spiro atoms. The van der Waals surface area contributed by atoms with Crippen molar-refractivity contribution in [3.63, 3.8) is 0 Å². The quantitative estimate of drug-likeness (QED) is 0.560. The predicted octanol–water partition coefficient (Wildman–Crippen LogP) is 0.475. The van der Waals surface area contributed by atoms with Gasteiger partial charge < -0.3 is 16.4 Å². The van der Waals surface area contributed by atoms with Crippen LogP contribution in [0.15, 0.2) is 23.2 Å². The van der Waals surface area contributed by atoms with Crippen LogP contribution in [0, 0.1) is 6.92 Å². The second-order valence-corrected chi connectivity index (χ2v) is 3.74.